The van der Waals surface area contributed by atoms with E-state index in [0.29, 0.717) is 0 Å². The van der Waals surface area contributed by atoms with Gasteiger partial charge < -0.3 is 15.0 Å². The molecule has 20 heavy (non-hydrogen) atoms. The summed E-state index contributed by atoms with van der Waals surface area (Å²) in [7, 11) is 1.73. The van der Waals surface area contributed by atoms with Crippen molar-refractivity contribution in [3.63, 3.8) is 0 Å². The number of nitrogens with one attached hydrogen (secondary N) is 1. The van der Waals surface area contributed by atoms with Gasteiger partial charge in [0.25, 0.3) is 0 Å². The lowest BCUT2D eigenvalue weighted by molar-refractivity contribution is 0.199. The second-order valence-electron chi connectivity index (χ2n) is 4.88. The lowest BCUT2D eigenvalue weighted by Gasteiger charge is -2.26. The van der Waals surface area contributed by atoms with Crippen LogP contribution in [0.2, 0.25) is 0 Å². The fourth-order valence-corrected chi connectivity index (χ4v) is 2.53. The number of ether oxygens (including phenoxy) is 1. The number of nitrogens with zero attached hydrogens (tertiary/aromatic N) is 1. The van der Waals surface area contributed by atoms with Crippen LogP contribution in [0.5, 0.6) is 0 Å². The van der Waals surface area contributed by atoms with Gasteiger partial charge in [0.1, 0.15) is 0 Å². The van der Waals surface area contributed by atoms with Crippen molar-refractivity contribution in [1.82, 2.24) is 5.32 Å². The van der Waals surface area contributed by atoms with E-state index in [2.05, 4.69) is 58.2 Å². The standard InChI is InChI=1S/C16H27BrN2O/c1-4-6-10-19(5-2)16-12-15(17)8-7-14(16)13-18-9-11-20-3/h7-8,12,18H,4-6,9-11,13H2,1-3H3. The van der Waals surface area contributed by atoms with Gasteiger partial charge in [-0.15, -0.1) is 0 Å². The van der Waals surface area contributed by atoms with Crippen molar-refractivity contribution in [3.8, 4) is 0 Å². The molecule has 0 aromatic heterocycles. The van der Waals surface area contributed by atoms with Gasteiger partial charge in [-0.3, -0.25) is 0 Å². The molecule has 0 unspecified atom stereocenters. The normalized spacial score (nSPS) is 10.8. The van der Waals surface area contributed by atoms with Crippen molar-refractivity contribution >= 4 is 21.6 Å². The molecule has 0 radical (unpaired) electrons. The molecular formula is C16H27BrN2O. The van der Waals surface area contributed by atoms with Crippen LogP contribution in [0.1, 0.15) is 32.3 Å². The van der Waals surface area contributed by atoms with Gasteiger partial charge >= 0.3 is 0 Å². The Labute approximate surface area is 131 Å². The molecule has 0 amide bonds. The Bertz CT molecular complexity index is 385. The van der Waals surface area contributed by atoms with E-state index in [1.165, 1.54) is 24.1 Å². The monoisotopic (exact) mass is 342 g/mol. The zero-order valence-electron chi connectivity index (χ0n) is 12.9. The van der Waals surface area contributed by atoms with Crippen molar-refractivity contribution in [2.75, 3.05) is 38.3 Å². The summed E-state index contributed by atoms with van der Waals surface area (Å²) in [5, 5.41) is 3.43. The summed E-state index contributed by atoms with van der Waals surface area (Å²) in [5.41, 5.74) is 2.68. The van der Waals surface area contributed by atoms with Crippen LogP contribution < -0.4 is 10.2 Å². The van der Waals surface area contributed by atoms with Gasteiger partial charge in [-0.05, 0) is 31.0 Å². The first-order chi connectivity index (χ1) is 9.72. The highest BCUT2D eigenvalue weighted by Gasteiger charge is 2.10. The van der Waals surface area contributed by atoms with Crippen LogP contribution in [0, 0.1) is 0 Å². The number of hydrogen-bond acceptors (Lipinski definition) is 3. The summed E-state index contributed by atoms with van der Waals surface area (Å²) >= 11 is 3.59. The maximum absolute atomic E-state index is 5.07. The fourth-order valence-electron chi connectivity index (χ4n) is 2.18. The number of rotatable bonds is 10. The van der Waals surface area contributed by atoms with E-state index in [1.54, 1.807) is 7.11 Å². The predicted molar refractivity (Wildman–Crippen MR) is 90.5 cm³/mol. The molecule has 3 nitrogen and oxygen atoms in total. The van der Waals surface area contributed by atoms with Crippen molar-refractivity contribution in [1.29, 1.82) is 0 Å². The average Bonchev–Trinajstić information content (AvgIpc) is 2.46. The Kier molecular flexibility index (Phi) is 8.90. The predicted octanol–water partition coefficient (Wildman–Crippen LogP) is 3.81. The molecule has 4 heteroatoms. The number of unbranched alkanes of at least 4 members (excludes halogenated alkanes) is 1. The molecule has 0 spiro atoms. The first-order valence-electron chi connectivity index (χ1n) is 7.45. The lowest BCUT2D eigenvalue weighted by atomic mass is 10.1. The largest absolute Gasteiger partial charge is 0.383 e. The van der Waals surface area contributed by atoms with Crippen molar-refractivity contribution in [2.45, 2.75) is 33.2 Å². The number of hydrogen-bond donors (Lipinski definition) is 1. The third-order valence-corrected chi connectivity index (χ3v) is 3.84. The van der Waals surface area contributed by atoms with Gasteiger partial charge in [0.15, 0.2) is 0 Å². The minimum atomic E-state index is 0.749. The Morgan fingerprint density at radius 1 is 1.30 bits per heavy atom. The van der Waals surface area contributed by atoms with Gasteiger partial charge in [-0.1, -0.05) is 35.3 Å². The summed E-state index contributed by atoms with van der Waals surface area (Å²) < 4.78 is 6.21. The molecule has 0 aliphatic rings. The zero-order chi connectivity index (χ0) is 14.8. The molecule has 0 heterocycles. The molecule has 1 rings (SSSR count). The Morgan fingerprint density at radius 2 is 2.10 bits per heavy atom. The quantitative estimate of drug-likeness (QED) is 0.654. The Morgan fingerprint density at radius 3 is 2.75 bits per heavy atom. The molecule has 1 aromatic carbocycles. The third-order valence-electron chi connectivity index (χ3n) is 3.35. The van der Waals surface area contributed by atoms with Crippen molar-refractivity contribution < 1.29 is 4.74 Å². The number of anilines is 1. The first kappa shape index (κ1) is 17.5. The number of benzene rings is 1. The molecule has 0 aliphatic carbocycles. The second-order valence-corrected chi connectivity index (χ2v) is 5.79. The molecule has 114 valence electrons. The fraction of sp³-hybridized carbons (Fsp3) is 0.625. The minimum absolute atomic E-state index is 0.749. The van der Waals surface area contributed by atoms with Gasteiger partial charge in [0.2, 0.25) is 0 Å². The summed E-state index contributed by atoms with van der Waals surface area (Å²) in [6.45, 7) is 9.14. The van der Waals surface area contributed by atoms with E-state index in [9.17, 15) is 0 Å². The summed E-state index contributed by atoms with van der Waals surface area (Å²) in [6.07, 6.45) is 2.46. The molecule has 1 aromatic rings. The molecule has 1 N–H and O–H groups in total. The van der Waals surface area contributed by atoms with Crippen LogP contribution in [0.3, 0.4) is 0 Å². The highest BCUT2D eigenvalue weighted by molar-refractivity contribution is 9.10. The minimum Gasteiger partial charge on any atom is -0.383 e. The van der Waals surface area contributed by atoms with E-state index >= 15 is 0 Å². The second kappa shape index (κ2) is 10.2. The molecule has 0 saturated carbocycles. The summed E-state index contributed by atoms with van der Waals surface area (Å²) in [4.78, 5) is 2.46. The van der Waals surface area contributed by atoms with Crippen molar-refractivity contribution in [3.05, 3.63) is 28.2 Å². The van der Waals surface area contributed by atoms with E-state index in [0.717, 1.165) is 37.3 Å². The van der Waals surface area contributed by atoms with E-state index < -0.39 is 0 Å². The van der Waals surface area contributed by atoms with E-state index in [4.69, 9.17) is 4.74 Å². The van der Waals surface area contributed by atoms with E-state index in [-0.39, 0.29) is 0 Å². The molecule has 0 aliphatic heterocycles. The SMILES string of the molecule is CCCCN(CC)c1cc(Br)ccc1CNCCOC. The van der Waals surface area contributed by atoms with Crippen LogP contribution in [0.4, 0.5) is 5.69 Å². The van der Waals surface area contributed by atoms with Crippen LogP contribution in [0.25, 0.3) is 0 Å². The van der Waals surface area contributed by atoms with Gasteiger partial charge in [-0.2, -0.15) is 0 Å². The highest BCUT2D eigenvalue weighted by Crippen LogP contribution is 2.25. The van der Waals surface area contributed by atoms with E-state index in [1.807, 2.05) is 0 Å². The van der Waals surface area contributed by atoms with Crippen LogP contribution in [0.15, 0.2) is 22.7 Å². The maximum Gasteiger partial charge on any atom is 0.0587 e. The highest BCUT2D eigenvalue weighted by atomic mass is 79.9. The van der Waals surface area contributed by atoms with Crippen LogP contribution >= 0.6 is 15.9 Å². The maximum atomic E-state index is 5.07. The van der Waals surface area contributed by atoms with Gasteiger partial charge in [-0.25, -0.2) is 0 Å². The molecule has 0 saturated heterocycles. The summed E-state index contributed by atoms with van der Waals surface area (Å²) in [6, 6.07) is 6.55. The Balaban J connectivity index is 2.76. The molecule has 0 fully saturated rings. The zero-order valence-corrected chi connectivity index (χ0v) is 14.5. The Hall–Kier alpha value is -0.580. The first-order valence-corrected chi connectivity index (χ1v) is 8.25. The lowest BCUT2D eigenvalue weighted by Crippen LogP contribution is -2.27. The third kappa shape index (κ3) is 5.81. The van der Waals surface area contributed by atoms with Gasteiger partial charge in [0, 0.05) is 43.4 Å². The smallest absolute Gasteiger partial charge is 0.0587 e. The molecule has 0 bridgehead atoms. The number of methoxy groups -OCH3 is 1. The van der Waals surface area contributed by atoms with Crippen LogP contribution in [-0.2, 0) is 11.3 Å². The molecule has 0 atom stereocenters. The van der Waals surface area contributed by atoms with Crippen molar-refractivity contribution in [2.24, 2.45) is 0 Å². The van der Waals surface area contributed by atoms with Crippen LogP contribution in [-0.4, -0.2) is 33.4 Å². The average molecular weight is 343 g/mol. The molecular weight excluding hydrogens is 316 g/mol. The summed E-state index contributed by atoms with van der Waals surface area (Å²) in [5.74, 6) is 0. The number of halogens is 1. The topological polar surface area (TPSA) is 24.5 Å². The van der Waals surface area contributed by atoms with Gasteiger partial charge in [0.05, 0.1) is 6.61 Å².